The minimum absolute atomic E-state index is 0.251. The molecule has 0 aliphatic heterocycles. The van der Waals surface area contributed by atoms with Crippen LogP contribution in [0, 0.1) is 0 Å². The molecular weight excluding hydrogens is 214 g/mol. The molecule has 2 atom stereocenters. The lowest BCUT2D eigenvalue weighted by atomic mass is 10.2. The second kappa shape index (κ2) is 6.84. The number of aliphatic carboxylic acids is 1. The van der Waals surface area contributed by atoms with E-state index in [1.807, 2.05) is 0 Å². The standard InChI is InChI=1S/C10H17NO5/c1-4-16-8(13)5-6(2)11-9(7(3)12)10(14)15/h5,7,9,11-12H,4H2,1-3H3,(H,14,15)/b6-5+. The zero-order chi connectivity index (χ0) is 12.7. The molecular formula is C10H17NO5. The summed E-state index contributed by atoms with van der Waals surface area (Å²) in [7, 11) is 0. The summed E-state index contributed by atoms with van der Waals surface area (Å²) in [6.45, 7) is 4.80. The van der Waals surface area contributed by atoms with Crippen LogP contribution in [0.3, 0.4) is 0 Å². The van der Waals surface area contributed by atoms with Gasteiger partial charge < -0.3 is 20.3 Å². The summed E-state index contributed by atoms with van der Waals surface area (Å²) in [5.41, 5.74) is 0.326. The van der Waals surface area contributed by atoms with E-state index in [2.05, 4.69) is 10.1 Å². The molecule has 16 heavy (non-hydrogen) atoms. The summed E-state index contributed by atoms with van der Waals surface area (Å²) in [6, 6.07) is -1.15. The van der Waals surface area contributed by atoms with Crippen molar-refractivity contribution in [1.82, 2.24) is 5.32 Å². The van der Waals surface area contributed by atoms with E-state index in [0.29, 0.717) is 5.70 Å². The molecule has 92 valence electrons. The molecule has 0 bridgehead atoms. The number of carboxylic acid groups (broad SMARTS) is 1. The molecule has 0 aromatic heterocycles. The third-order valence-electron chi connectivity index (χ3n) is 1.75. The third kappa shape index (κ3) is 5.35. The van der Waals surface area contributed by atoms with Gasteiger partial charge in [0.1, 0.15) is 0 Å². The minimum Gasteiger partial charge on any atom is -0.480 e. The fourth-order valence-corrected chi connectivity index (χ4v) is 1.04. The number of allylic oxidation sites excluding steroid dienone is 1. The lowest BCUT2D eigenvalue weighted by molar-refractivity contribution is -0.142. The van der Waals surface area contributed by atoms with Crippen LogP contribution in [0.15, 0.2) is 11.8 Å². The molecule has 0 aliphatic carbocycles. The van der Waals surface area contributed by atoms with E-state index in [9.17, 15) is 14.7 Å². The second-order valence-electron chi connectivity index (χ2n) is 3.28. The van der Waals surface area contributed by atoms with E-state index < -0.39 is 24.1 Å². The molecule has 0 rings (SSSR count). The van der Waals surface area contributed by atoms with Crippen molar-refractivity contribution in [2.45, 2.75) is 32.9 Å². The predicted molar refractivity (Wildman–Crippen MR) is 56.6 cm³/mol. The summed E-state index contributed by atoms with van der Waals surface area (Å²) >= 11 is 0. The van der Waals surface area contributed by atoms with Crippen LogP contribution in [-0.4, -0.2) is 40.9 Å². The zero-order valence-corrected chi connectivity index (χ0v) is 9.56. The molecule has 0 saturated heterocycles. The number of ether oxygens (including phenoxy) is 1. The number of carbonyl (C=O) groups is 2. The Morgan fingerprint density at radius 2 is 2.06 bits per heavy atom. The van der Waals surface area contributed by atoms with Crippen molar-refractivity contribution in [1.29, 1.82) is 0 Å². The Bertz CT molecular complexity index is 285. The number of carboxylic acids is 1. The Morgan fingerprint density at radius 1 is 1.50 bits per heavy atom. The van der Waals surface area contributed by atoms with Gasteiger partial charge in [-0.2, -0.15) is 0 Å². The molecule has 6 heteroatoms. The van der Waals surface area contributed by atoms with E-state index in [0.717, 1.165) is 6.08 Å². The molecule has 0 radical (unpaired) electrons. The first kappa shape index (κ1) is 14.4. The Morgan fingerprint density at radius 3 is 2.44 bits per heavy atom. The van der Waals surface area contributed by atoms with Crippen LogP contribution in [0.4, 0.5) is 0 Å². The van der Waals surface area contributed by atoms with E-state index in [1.165, 1.54) is 13.8 Å². The Labute approximate surface area is 93.9 Å². The highest BCUT2D eigenvalue weighted by Gasteiger charge is 2.22. The van der Waals surface area contributed by atoms with Crippen LogP contribution >= 0.6 is 0 Å². The number of nitrogens with one attached hydrogen (secondary N) is 1. The average molecular weight is 231 g/mol. The van der Waals surface area contributed by atoms with E-state index in [1.54, 1.807) is 6.92 Å². The second-order valence-corrected chi connectivity index (χ2v) is 3.28. The van der Waals surface area contributed by atoms with Crippen molar-refractivity contribution in [2.24, 2.45) is 0 Å². The lowest BCUT2D eigenvalue weighted by Crippen LogP contribution is -2.43. The van der Waals surface area contributed by atoms with Crippen LogP contribution in [-0.2, 0) is 14.3 Å². The summed E-state index contributed by atoms with van der Waals surface area (Å²) < 4.78 is 4.65. The number of rotatable bonds is 6. The largest absolute Gasteiger partial charge is 0.480 e. The van der Waals surface area contributed by atoms with Crippen LogP contribution in [0.2, 0.25) is 0 Å². The molecule has 6 nitrogen and oxygen atoms in total. The highest BCUT2D eigenvalue weighted by Crippen LogP contribution is 1.98. The molecule has 0 heterocycles. The number of carbonyl (C=O) groups excluding carboxylic acids is 1. The van der Waals surface area contributed by atoms with Gasteiger partial charge in [-0.05, 0) is 20.8 Å². The molecule has 0 spiro atoms. The maximum Gasteiger partial charge on any atom is 0.332 e. The SMILES string of the molecule is CCOC(=O)/C=C(\C)NC(C(=O)O)C(C)O. The maximum atomic E-state index is 11.0. The normalized spacial score (nSPS) is 15.1. The molecule has 3 N–H and O–H groups in total. The number of esters is 1. The maximum absolute atomic E-state index is 11.0. The molecule has 0 saturated carbocycles. The van der Waals surface area contributed by atoms with E-state index >= 15 is 0 Å². The molecule has 0 aromatic carbocycles. The predicted octanol–water partition coefficient (Wildman–Crippen LogP) is -0.123. The Kier molecular flexibility index (Phi) is 6.17. The highest BCUT2D eigenvalue weighted by atomic mass is 16.5. The molecule has 0 aromatic rings. The molecule has 0 fully saturated rings. The van der Waals surface area contributed by atoms with E-state index in [4.69, 9.17) is 5.11 Å². The zero-order valence-electron chi connectivity index (χ0n) is 9.56. The van der Waals surface area contributed by atoms with Gasteiger partial charge in [0, 0.05) is 11.8 Å². The van der Waals surface area contributed by atoms with Gasteiger partial charge in [0.15, 0.2) is 6.04 Å². The monoisotopic (exact) mass is 231 g/mol. The van der Waals surface area contributed by atoms with Gasteiger partial charge in [-0.25, -0.2) is 9.59 Å². The first-order chi connectivity index (χ1) is 7.38. The fraction of sp³-hybridized carbons (Fsp3) is 0.600. The number of aliphatic hydroxyl groups is 1. The van der Waals surface area contributed by atoms with Gasteiger partial charge in [0.05, 0.1) is 12.7 Å². The van der Waals surface area contributed by atoms with Gasteiger partial charge in [0.2, 0.25) is 0 Å². The average Bonchev–Trinajstić information content (AvgIpc) is 2.13. The van der Waals surface area contributed by atoms with Crippen molar-refractivity contribution in [3.05, 3.63) is 11.8 Å². The Balaban J connectivity index is 4.45. The van der Waals surface area contributed by atoms with Gasteiger partial charge in [0.25, 0.3) is 0 Å². The summed E-state index contributed by atoms with van der Waals surface area (Å²) in [6.07, 6.45) is 0.0741. The van der Waals surface area contributed by atoms with Crippen LogP contribution in [0.1, 0.15) is 20.8 Å². The fourth-order valence-electron chi connectivity index (χ4n) is 1.04. The summed E-state index contributed by atoms with van der Waals surface area (Å²) in [5.74, 6) is -1.74. The quantitative estimate of drug-likeness (QED) is 0.435. The highest BCUT2D eigenvalue weighted by molar-refractivity contribution is 5.83. The first-order valence-corrected chi connectivity index (χ1v) is 4.91. The van der Waals surface area contributed by atoms with Crippen LogP contribution in [0.5, 0.6) is 0 Å². The summed E-state index contributed by atoms with van der Waals surface area (Å²) in [5, 5.41) is 20.5. The van der Waals surface area contributed by atoms with Crippen molar-refractivity contribution in [3.8, 4) is 0 Å². The van der Waals surface area contributed by atoms with Gasteiger partial charge in [-0.3, -0.25) is 0 Å². The van der Waals surface area contributed by atoms with Gasteiger partial charge >= 0.3 is 11.9 Å². The van der Waals surface area contributed by atoms with Crippen molar-refractivity contribution < 1.29 is 24.5 Å². The molecule has 0 aliphatic rings. The Hall–Kier alpha value is -1.56. The molecule has 0 amide bonds. The van der Waals surface area contributed by atoms with Crippen molar-refractivity contribution >= 4 is 11.9 Å². The number of hydrogen-bond acceptors (Lipinski definition) is 5. The smallest absolute Gasteiger partial charge is 0.332 e. The topological polar surface area (TPSA) is 95.9 Å². The number of aliphatic hydroxyl groups excluding tert-OH is 1. The minimum atomic E-state index is -1.19. The third-order valence-corrected chi connectivity index (χ3v) is 1.75. The lowest BCUT2D eigenvalue weighted by Gasteiger charge is -2.18. The van der Waals surface area contributed by atoms with Gasteiger partial charge in [-0.1, -0.05) is 0 Å². The van der Waals surface area contributed by atoms with Crippen LogP contribution in [0.25, 0.3) is 0 Å². The first-order valence-electron chi connectivity index (χ1n) is 4.91. The van der Waals surface area contributed by atoms with Gasteiger partial charge in [-0.15, -0.1) is 0 Å². The summed E-state index contributed by atoms with van der Waals surface area (Å²) in [4.78, 5) is 21.7. The number of hydrogen-bond donors (Lipinski definition) is 3. The van der Waals surface area contributed by atoms with Crippen LogP contribution < -0.4 is 5.32 Å². The van der Waals surface area contributed by atoms with Crippen molar-refractivity contribution in [3.63, 3.8) is 0 Å². The van der Waals surface area contributed by atoms with E-state index in [-0.39, 0.29) is 6.61 Å². The van der Waals surface area contributed by atoms with Crippen molar-refractivity contribution in [2.75, 3.05) is 6.61 Å². The molecule has 2 unspecified atom stereocenters.